The molecule has 0 spiro atoms. The molecule has 0 aromatic heterocycles. The Balaban J connectivity index is 0. The van der Waals surface area contributed by atoms with Gasteiger partial charge in [-0.1, -0.05) is 0 Å². The van der Waals surface area contributed by atoms with E-state index in [1.807, 2.05) is 0 Å². The van der Waals surface area contributed by atoms with Crippen LogP contribution in [0.2, 0.25) is 0 Å². The van der Waals surface area contributed by atoms with Crippen molar-refractivity contribution in [3.63, 3.8) is 0 Å². The first-order valence-electron chi connectivity index (χ1n) is 0.820. The Labute approximate surface area is 55.3 Å². The number of hydrogen-bond acceptors (Lipinski definition) is 1. The molecular formula is CHAgClNO2. The molecule has 0 rings (SSSR count). The van der Waals surface area contributed by atoms with Gasteiger partial charge in [0.15, 0.2) is 0 Å². The fraction of sp³-hybridized carbons (Fsp3) is 0. The van der Waals surface area contributed by atoms with E-state index in [-0.39, 0.29) is 22.4 Å². The number of halogens is 1. The summed E-state index contributed by atoms with van der Waals surface area (Å²) in [5, 5.41) is 7.42. The third-order valence-electron chi connectivity index (χ3n) is 0.0723. The molecule has 0 aromatic rings. The van der Waals surface area contributed by atoms with Crippen molar-refractivity contribution in [2.45, 2.75) is 0 Å². The SMILES string of the molecule is O=C(O)[N-]Cl.[Ag+]. The van der Waals surface area contributed by atoms with Gasteiger partial charge in [-0.3, -0.25) is 4.79 Å². The standard InChI is InChI=1S/CHClNO2.Ag/c2-3-1(4)5;/h(H,4,5);/q-1;+1. The van der Waals surface area contributed by atoms with E-state index in [4.69, 9.17) is 9.90 Å². The van der Waals surface area contributed by atoms with Crippen LogP contribution in [0, 0.1) is 0 Å². The monoisotopic (exact) mass is 201 g/mol. The van der Waals surface area contributed by atoms with E-state index in [2.05, 4.69) is 16.6 Å². The third-order valence-corrected chi connectivity index (χ3v) is 0.217. The van der Waals surface area contributed by atoms with Crippen LogP contribution in [0.15, 0.2) is 0 Å². The summed E-state index contributed by atoms with van der Waals surface area (Å²) in [6.45, 7) is 0. The largest absolute Gasteiger partial charge is 1.00 e. The van der Waals surface area contributed by atoms with E-state index in [1.54, 1.807) is 0 Å². The molecule has 1 N–H and O–H groups in total. The predicted octanol–water partition coefficient (Wildman–Crippen LogP) is 1.19. The Bertz CT molecular complexity index is 48.8. The number of hydrogen-bond donors (Lipinski definition) is 1. The van der Waals surface area contributed by atoms with Gasteiger partial charge in [-0.15, -0.1) is 0 Å². The van der Waals surface area contributed by atoms with Gasteiger partial charge in [-0.25, -0.2) is 11.8 Å². The second kappa shape index (κ2) is 5.30. The Morgan fingerprint density at radius 3 is 2.00 bits per heavy atom. The minimum atomic E-state index is -1.35. The minimum Gasteiger partial charge on any atom is -0.534 e. The molecular weight excluding hydrogens is 201 g/mol. The average Bonchev–Trinajstić information content (AvgIpc) is 1.38. The van der Waals surface area contributed by atoms with E-state index >= 15 is 0 Å². The topological polar surface area (TPSA) is 51.4 Å². The molecule has 5 heteroatoms. The Kier molecular flexibility index (Phi) is 8.45. The van der Waals surface area contributed by atoms with Gasteiger partial charge in [0.25, 0.3) is 0 Å². The van der Waals surface area contributed by atoms with E-state index < -0.39 is 6.09 Å². The maximum absolute atomic E-state index is 9.07. The normalized spacial score (nSPS) is 5.50. The molecule has 0 fully saturated rings. The second-order valence-corrected chi connectivity index (χ2v) is 0.536. The van der Waals surface area contributed by atoms with E-state index in [0.717, 1.165) is 0 Å². The van der Waals surface area contributed by atoms with Crippen LogP contribution in [0.25, 0.3) is 4.84 Å². The van der Waals surface area contributed by atoms with Crippen LogP contribution in [0.3, 0.4) is 0 Å². The van der Waals surface area contributed by atoms with Crippen molar-refractivity contribution in [2.24, 2.45) is 0 Å². The van der Waals surface area contributed by atoms with Crippen LogP contribution in [0.4, 0.5) is 4.79 Å². The number of amides is 1. The Hall–Kier alpha value is 0.300. The van der Waals surface area contributed by atoms with Crippen molar-refractivity contribution in [3.05, 3.63) is 4.84 Å². The Morgan fingerprint density at radius 1 is 1.83 bits per heavy atom. The zero-order valence-corrected chi connectivity index (χ0v) is 4.72. The smallest absolute Gasteiger partial charge is 0.534 e. The summed E-state index contributed by atoms with van der Waals surface area (Å²) in [5.41, 5.74) is 0. The van der Waals surface area contributed by atoms with Gasteiger partial charge in [0, 0.05) is 0 Å². The molecule has 40 valence electrons. The number of nitrogens with zero attached hydrogens (tertiary/aromatic N) is 1. The van der Waals surface area contributed by atoms with Crippen molar-refractivity contribution in [1.29, 1.82) is 0 Å². The molecule has 0 atom stereocenters. The molecule has 0 bridgehead atoms. The van der Waals surface area contributed by atoms with Crippen molar-refractivity contribution < 1.29 is 32.3 Å². The zero-order chi connectivity index (χ0) is 4.28. The summed E-state index contributed by atoms with van der Waals surface area (Å²) < 4.78 is 0. The average molecular weight is 202 g/mol. The van der Waals surface area contributed by atoms with Gasteiger partial charge < -0.3 is 9.94 Å². The summed E-state index contributed by atoms with van der Waals surface area (Å²) in [6, 6.07) is 0. The summed E-state index contributed by atoms with van der Waals surface area (Å²) in [4.78, 5) is 11.3. The van der Waals surface area contributed by atoms with Crippen molar-refractivity contribution in [3.8, 4) is 0 Å². The van der Waals surface area contributed by atoms with Crippen LogP contribution >= 0.6 is 11.8 Å². The first-order valence-corrected chi connectivity index (χ1v) is 1.16. The molecule has 0 heterocycles. The van der Waals surface area contributed by atoms with Crippen LogP contribution < -0.4 is 0 Å². The Morgan fingerprint density at radius 2 is 2.00 bits per heavy atom. The fourth-order valence-electron chi connectivity index (χ4n) is 0. The molecule has 0 aliphatic carbocycles. The second-order valence-electron chi connectivity index (χ2n) is 0.367. The van der Waals surface area contributed by atoms with Gasteiger partial charge in [0.05, 0.1) is 0 Å². The van der Waals surface area contributed by atoms with Crippen molar-refractivity contribution in [2.75, 3.05) is 0 Å². The van der Waals surface area contributed by atoms with Crippen LogP contribution in [0.5, 0.6) is 0 Å². The molecule has 1 amide bonds. The molecule has 0 radical (unpaired) electrons. The van der Waals surface area contributed by atoms with E-state index in [0.29, 0.717) is 0 Å². The molecule has 0 saturated carbocycles. The molecule has 0 aromatic carbocycles. The molecule has 0 aliphatic heterocycles. The zero-order valence-electron chi connectivity index (χ0n) is 2.48. The summed E-state index contributed by atoms with van der Waals surface area (Å²) in [5.74, 6) is 0. The number of rotatable bonds is 0. The predicted molar refractivity (Wildman–Crippen MR) is 17.2 cm³/mol. The molecule has 0 unspecified atom stereocenters. The van der Waals surface area contributed by atoms with Gasteiger partial charge in [0.2, 0.25) is 6.09 Å². The third kappa shape index (κ3) is 8.85. The minimum absolute atomic E-state index is 0. The van der Waals surface area contributed by atoms with Crippen molar-refractivity contribution >= 4 is 17.9 Å². The van der Waals surface area contributed by atoms with Crippen LogP contribution in [0.1, 0.15) is 0 Å². The summed E-state index contributed by atoms with van der Waals surface area (Å²) in [7, 11) is 0. The maximum Gasteiger partial charge on any atom is 1.00 e. The van der Waals surface area contributed by atoms with Gasteiger partial charge in [0.1, 0.15) is 0 Å². The number of carboxylic acid groups (broad SMARTS) is 1. The molecule has 6 heavy (non-hydrogen) atoms. The molecule has 0 aliphatic rings. The van der Waals surface area contributed by atoms with E-state index in [1.165, 1.54) is 0 Å². The molecule has 3 nitrogen and oxygen atoms in total. The van der Waals surface area contributed by atoms with Crippen LogP contribution in [-0.4, -0.2) is 11.2 Å². The first kappa shape index (κ1) is 9.57. The van der Waals surface area contributed by atoms with Gasteiger partial charge in [-0.05, 0) is 0 Å². The fourth-order valence-corrected chi connectivity index (χ4v) is 0. The van der Waals surface area contributed by atoms with E-state index in [9.17, 15) is 0 Å². The first-order chi connectivity index (χ1) is 2.27. The molecule has 0 saturated heterocycles. The summed E-state index contributed by atoms with van der Waals surface area (Å²) in [6.07, 6.45) is -1.35. The number of carbonyl (C=O) groups is 1. The summed E-state index contributed by atoms with van der Waals surface area (Å²) >= 11 is 4.36. The maximum atomic E-state index is 9.07. The quantitative estimate of drug-likeness (QED) is 0.600. The van der Waals surface area contributed by atoms with Crippen LogP contribution in [-0.2, 0) is 22.4 Å². The van der Waals surface area contributed by atoms with Gasteiger partial charge in [-0.2, -0.15) is 0 Å². The van der Waals surface area contributed by atoms with Crippen molar-refractivity contribution in [1.82, 2.24) is 0 Å². The van der Waals surface area contributed by atoms with Gasteiger partial charge >= 0.3 is 22.4 Å².